The second kappa shape index (κ2) is 7.09. The minimum Gasteiger partial charge on any atom is -0.328 e. The SMILES string of the molecule is CC(C)[C@@H]1C(=O)N(S(C)(=O)=O)[C@@H]2CCN(C(=O)C3=CC=C(N4CCCC4)[N+]3(C)C)[C@H]21. The van der Waals surface area contributed by atoms with E-state index in [9.17, 15) is 18.0 Å². The fraction of sp³-hybridized carbons (Fsp3) is 0.714. The number of sulfonamides is 1. The molecule has 2 amide bonds. The molecule has 0 saturated carbocycles. The number of amides is 2. The zero-order chi connectivity index (χ0) is 22.0. The molecule has 3 atom stereocenters. The van der Waals surface area contributed by atoms with Crippen LogP contribution in [0.2, 0.25) is 0 Å². The number of allylic oxidation sites excluding steroid dienone is 2. The van der Waals surface area contributed by atoms with E-state index in [1.165, 1.54) is 0 Å². The summed E-state index contributed by atoms with van der Waals surface area (Å²) in [4.78, 5) is 30.8. The number of hydrogen-bond donors (Lipinski definition) is 0. The average Bonchev–Trinajstić information content (AvgIpc) is 3.35. The Bertz CT molecular complexity index is 931. The molecule has 0 aromatic heterocycles. The minimum atomic E-state index is -3.67. The van der Waals surface area contributed by atoms with Crippen LogP contribution in [0.5, 0.6) is 0 Å². The number of hydrogen-bond acceptors (Lipinski definition) is 5. The molecule has 0 spiro atoms. The van der Waals surface area contributed by atoms with Gasteiger partial charge < -0.3 is 9.80 Å². The lowest BCUT2D eigenvalue weighted by molar-refractivity contribution is -0.815. The molecule has 8 nitrogen and oxygen atoms in total. The van der Waals surface area contributed by atoms with Gasteiger partial charge in [0.05, 0.1) is 38.4 Å². The Hall–Kier alpha value is -1.87. The van der Waals surface area contributed by atoms with Crippen LogP contribution in [0.4, 0.5) is 0 Å². The van der Waals surface area contributed by atoms with Gasteiger partial charge in [0.15, 0.2) is 0 Å². The Balaban J connectivity index is 1.62. The van der Waals surface area contributed by atoms with E-state index in [-0.39, 0.29) is 17.7 Å². The van der Waals surface area contributed by atoms with Gasteiger partial charge in [-0.05, 0) is 25.2 Å². The number of carbonyl (C=O) groups is 2. The number of fused-ring (bicyclic) bond motifs is 1. The minimum absolute atomic E-state index is 0.0523. The molecule has 166 valence electrons. The molecular formula is C21H33N4O4S+. The number of carbonyl (C=O) groups excluding carboxylic acids is 2. The van der Waals surface area contributed by atoms with Crippen molar-refractivity contribution in [2.24, 2.45) is 11.8 Å². The molecule has 3 saturated heterocycles. The van der Waals surface area contributed by atoms with Crippen molar-refractivity contribution < 1.29 is 22.5 Å². The third kappa shape index (κ3) is 3.09. The van der Waals surface area contributed by atoms with Crippen molar-refractivity contribution in [2.45, 2.75) is 45.2 Å². The van der Waals surface area contributed by atoms with Crippen LogP contribution in [0.25, 0.3) is 0 Å². The van der Waals surface area contributed by atoms with Gasteiger partial charge in [0.2, 0.25) is 27.4 Å². The summed E-state index contributed by atoms with van der Waals surface area (Å²) in [7, 11) is 0.377. The molecule has 0 N–H and O–H groups in total. The van der Waals surface area contributed by atoms with Crippen LogP contribution < -0.4 is 0 Å². The summed E-state index contributed by atoms with van der Waals surface area (Å²) in [6, 6.07) is -0.871. The lowest BCUT2D eigenvalue weighted by Gasteiger charge is -2.36. The second-order valence-electron chi connectivity index (χ2n) is 9.74. The van der Waals surface area contributed by atoms with Gasteiger partial charge in [0.25, 0.3) is 0 Å². The maximum atomic E-state index is 13.7. The van der Waals surface area contributed by atoms with Crippen molar-refractivity contribution in [3.8, 4) is 0 Å². The highest BCUT2D eigenvalue weighted by Gasteiger charge is 2.59. The molecule has 0 aromatic rings. The molecule has 0 radical (unpaired) electrons. The van der Waals surface area contributed by atoms with Crippen molar-refractivity contribution in [2.75, 3.05) is 40.0 Å². The van der Waals surface area contributed by atoms with Gasteiger partial charge in [-0.1, -0.05) is 13.8 Å². The molecule has 0 aromatic carbocycles. The van der Waals surface area contributed by atoms with E-state index in [0.29, 0.717) is 23.1 Å². The summed E-state index contributed by atoms with van der Waals surface area (Å²) in [5.74, 6) is 0.104. The van der Waals surface area contributed by atoms with Crippen LogP contribution in [0.3, 0.4) is 0 Å². The molecule has 0 bridgehead atoms. The lowest BCUT2D eigenvalue weighted by atomic mass is 9.88. The Morgan fingerprint density at radius 3 is 2.33 bits per heavy atom. The van der Waals surface area contributed by atoms with E-state index in [1.807, 2.05) is 40.1 Å². The quantitative estimate of drug-likeness (QED) is 0.612. The van der Waals surface area contributed by atoms with Gasteiger partial charge in [0, 0.05) is 31.8 Å². The standard InChI is InChI=1S/C21H33N4O4S/c1-14(2)18-19-15(24(21(18)27)30(5,28)29)10-13-23(19)20(26)16-8-9-17(25(16,3)4)22-11-6-7-12-22/h8-9,14-15,18-19H,6-7,10-13H2,1-5H3/q+1/t15-,18+,19-/m1/s1. The van der Waals surface area contributed by atoms with Crippen molar-refractivity contribution in [1.82, 2.24) is 14.1 Å². The number of likely N-dealkylation sites (tertiary alicyclic amines) is 2. The highest BCUT2D eigenvalue weighted by molar-refractivity contribution is 7.88. The third-order valence-electron chi connectivity index (χ3n) is 7.14. The Morgan fingerprint density at radius 2 is 1.77 bits per heavy atom. The predicted molar refractivity (Wildman–Crippen MR) is 113 cm³/mol. The summed E-state index contributed by atoms with van der Waals surface area (Å²) in [6.07, 6.45) is 7.84. The molecule has 4 aliphatic heterocycles. The lowest BCUT2D eigenvalue weighted by Crippen LogP contribution is -2.51. The van der Waals surface area contributed by atoms with Crippen LogP contribution >= 0.6 is 0 Å². The Morgan fingerprint density at radius 1 is 1.13 bits per heavy atom. The first-order valence-corrected chi connectivity index (χ1v) is 12.7. The van der Waals surface area contributed by atoms with Crippen LogP contribution in [-0.4, -0.2) is 90.9 Å². The van der Waals surface area contributed by atoms with Gasteiger partial charge in [-0.15, -0.1) is 0 Å². The highest BCUT2D eigenvalue weighted by Crippen LogP contribution is 2.43. The molecule has 4 aliphatic rings. The first-order chi connectivity index (χ1) is 14.0. The van der Waals surface area contributed by atoms with Gasteiger partial charge >= 0.3 is 5.91 Å². The molecule has 9 heteroatoms. The molecule has 4 rings (SSSR count). The van der Waals surface area contributed by atoms with Gasteiger partial charge in [-0.2, -0.15) is 0 Å². The van der Waals surface area contributed by atoms with E-state index in [4.69, 9.17) is 0 Å². The second-order valence-corrected chi connectivity index (χ2v) is 11.6. The summed E-state index contributed by atoms with van der Waals surface area (Å²) >= 11 is 0. The van der Waals surface area contributed by atoms with Crippen LogP contribution in [-0.2, 0) is 19.6 Å². The fourth-order valence-electron chi connectivity index (χ4n) is 5.78. The van der Waals surface area contributed by atoms with Crippen LogP contribution in [0, 0.1) is 11.8 Å². The summed E-state index contributed by atoms with van der Waals surface area (Å²) in [5.41, 5.74) is 0.672. The van der Waals surface area contributed by atoms with E-state index in [1.54, 1.807) is 4.90 Å². The summed E-state index contributed by atoms with van der Waals surface area (Å²) < 4.78 is 26.1. The van der Waals surface area contributed by atoms with E-state index >= 15 is 0 Å². The number of quaternary nitrogens is 1. The Labute approximate surface area is 179 Å². The van der Waals surface area contributed by atoms with E-state index < -0.39 is 28.0 Å². The first kappa shape index (κ1) is 21.4. The number of nitrogens with zero attached hydrogens (tertiary/aromatic N) is 4. The van der Waals surface area contributed by atoms with Crippen molar-refractivity contribution >= 4 is 21.8 Å². The highest BCUT2D eigenvalue weighted by atomic mass is 32.2. The topological polar surface area (TPSA) is 78.0 Å². The third-order valence-corrected chi connectivity index (χ3v) is 8.31. The smallest absolute Gasteiger partial charge is 0.308 e. The number of likely N-dealkylation sites (N-methyl/N-ethyl adjacent to an activating group) is 1. The Kier molecular flexibility index (Phi) is 5.05. The zero-order valence-corrected chi connectivity index (χ0v) is 19.4. The molecule has 30 heavy (non-hydrogen) atoms. The fourth-order valence-corrected chi connectivity index (χ4v) is 6.95. The largest absolute Gasteiger partial charge is 0.328 e. The van der Waals surface area contributed by atoms with Gasteiger partial charge in [-0.25, -0.2) is 17.2 Å². The van der Waals surface area contributed by atoms with Gasteiger partial charge in [-0.3, -0.25) is 9.59 Å². The predicted octanol–water partition coefficient (Wildman–Crippen LogP) is 0.941. The van der Waals surface area contributed by atoms with Gasteiger partial charge in [0.1, 0.15) is 0 Å². The zero-order valence-electron chi connectivity index (χ0n) is 18.5. The first-order valence-electron chi connectivity index (χ1n) is 10.8. The van der Waals surface area contributed by atoms with Crippen LogP contribution in [0.15, 0.2) is 23.7 Å². The van der Waals surface area contributed by atoms with Crippen molar-refractivity contribution in [3.63, 3.8) is 0 Å². The van der Waals surface area contributed by atoms with Crippen molar-refractivity contribution in [1.29, 1.82) is 0 Å². The number of rotatable bonds is 4. The average molecular weight is 438 g/mol. The monoisotopic (exact) mass is 437 g/mol. The maximum absolute atomic E-state index is 13.7. The molecular weight excluding hydrogens is 404 g/mol. The van der Waals surface area contributed by atoms with Crippen LogP contribution in [0.1, 0.15) is 33.1 Å². The molecule has 4 heterocycles. The van der Waals surface area contributed by atoms with E-state index in [2.05, 4.69) is 4.90 Å². The summed E-state index contributed by atoms with van der Waals surface area (Å²) in [6.45, 7) is 6.32. The molecule has 3 fully saturated rings. The molecule has 0 unspecified atom stereocenters. The summed E-state index contributed by atoms with van der Waals surface area (Å²) in [5, 5.41) is 0. The normalized spacial score (nSPS) is 30.9. The van der Waals surface area contributed by atoms with E-state index in [0.717, 1.165) is 42.3 Å². The maximum Gasteiger partial charge on any atom is 0.308 e. The molecule has 0 aliphatic carbocycles. The van der Waals surface area contributed by atoms with Crippen molar-refractivity contribution in [3.05, 3.63) is 23.7 Å².